The summed E-state index contributed by atoms with van der Waals surface area (Å²) in [5, 5.41) is 5.94. The van der Waals surface area contributed by atoms with Crippen molar-refractivity contribution in [3.05, 3.63) is 64.7 Å². The standard InChI is InChI=1S/C22H27N3O3/c1-15-5-8-19(13-16(15)2)22(24-17(3)26)14-23-21(27)25(22)12-11-18-6-9-20(28-4)10-7-18/h5-10,13H,11-12,14H2,1-4H3,(H,23,27)(H,24,26). The molecule has 2 N–H and O–H groups in total. The van der Waals surface area contributed by atoms with Crippen molar-refractivity contribution in [1.82, 2.24) is 15.5 Å². The normalized spacial score (nSPS) is 18.7. The second-order valence-electron chi connectivity index (χ2n) is 7.25. The Labute approximate surface area is 165 Å². The molecule has 1 saturated heterocycles. The molecule has 0 aromatic heterocycles. The highest BCUT2D eigenvalue weighted by molar-refractivity contribution is 5.81. The minimum absolute atomic E-state index is 0.177. The fraction of sp³-hybridized carbons (Fsp3) is 0.364. The van der Waals surface area contributed by atoms with Gasteiger partial charge in [0, 0.05) is 19.0 Å². The molecule has 1 aliphatic heterocycles. The molecule has 1 atom stereocenters. The van der Waals surface area contributed by atoms with Crippen LogP contribution >= 0.6 is 0 Å². The number of rotatable bonds is 6. The zero-order valence-corrected chi connectivity index (χ0v) is 16.8. The van der Waals surface area contributed by atoms with E-state index in [4.69, 9.17) is 4.74 Å². The van der Waals surface area contributed by atoms with Crippen LogP contribution < -0.4 is 15.4 Å². The van der Waals surface area contributed by atoms with Crippen molar-refractivity contribution in [2.45, 2.75) is 32.9 Å². The quantitative estimate of drug-likeness (QED) is 0.808. The number of benzene rings is 2. The van der Waals surface area contributed by atoms with Crippen molar-refractivity contribution in [3.63, 3.8) is 0 Å². The van der Waals surface area contributed by atoms with Crippen molar-refractivity contribution in [1.29, 1.82) is 0 Å². The predicted molar refractivity (Wildman–Crippen MR) is 108 cm³/mol. The molecule has 1 heterocycles. The van der Waals surface area contributed by atoms with Gasteiger partial charge < -0.3 is 15.4 Å². The maximum absolute atomic E-state index is 12.7. The number of amides is 3. The topological polar surface area (TPSA) is 70.7 Å². The predicted octanol–water partition coefficient (Wildman–Crippen LogP) is 2.87. The maximum Gasteiger partial charge on any atom is 0.319 e. The molecular weight excluding hydrogens is 354 g/mol. The van der Waals surface area contributed by atoms with Crippen molar-refractivity contribution in [3.8, 4) is 5.75 Å². The van der Waals surface area contributed by atoms with Gasteiger partial charge >= 0.3 is 6.03 Å². The van der Waals surface area contributed by atoms with Crippen molar-refractivity contribution < 1.29 is 14.3 Å². The van der Waals surface area contributed by atoms with Gasteiger partial charge in [0.2, 0.25) is 5.91 Å². The Morgan fingerprint density at radius 2 is 1.89 bits per heavy atom. The summed E-state index contributed by atoms with van der Waals surface area (Å²) in [6, 6.07) is 13.7. The highest BCUT2D eigenvalue weighted by atomic mass is 16.5. The summed E-state index contributed by atoms with van der Waals surface area (Å²) < 4.78 is 5.20. The van der Waals surface area contributed by atoms with Gasteiger partial charge in [0.05, 0.1) is 13.7 Å². The third kappa shape index (κ3) is 3.81. The van der Waals surface area contributed by atoms with Gasteiger partial charge in [-0.1, -0.05) is 30.3 Å². The van der Waals surface area contributed by atoms with E-state index in [0.29, 0.717) is 19.5 Å². The van der Waals surface area contributed by atoms with Gasteiger partial charge in [0.25, 0.3) is 0 Å². The summed E-state index contributed by atoms with van der Waals surface area (Å²) in [6.45, 7) is 6.37. The number of ether oxygens (including phenoxy) is 1. The van der Waals surface area contributed by atoms with Gasteiger partial charge in [-0.25, -0.2) is 4.79 Å². The van der Waals surface area contributed by atoms with E-state index in [0.717, 1.165) is 22.4 Å². The molecule has 1 fully saturated rings. The lowest BCUT2D eigenvalue weighted by Crippen LogP contribution is -2.57. The number of urea groups is 1. The molecular formula is C22H27N3O3. The Morgan fingerprint density at radius 3 is 2.50 bits per heavy atom. The fourth-order valence-electron chi connectivity index (χ4n) is 3.62. The minimum Gasteiger partial charge on any atom is -0.497 e. The van der Waals surface area contributed by atoms with Crippen LogP contribution in [0.3, 0.4) is 0 Å². The average Bonchev–Trinajstić information content (AvgIpc) is 2.98. The smallest absolute Gasteiger partial charge is 0.319 e. The lowest BCUT2D eigenvalue weighted by molar-refractivity contribution is -0.122. The first-order valence-corrected chi connectivity index (χ1v) is 9.40. The molecule has 2 aromatic carbocycles. The molecule has 0 bridgehead atoms. The SMILES string of the molecule is COc1ccc(CCN2C(=O)NCC2(NC(C)=O)c2ccc(C)c(C)c2)cc1. The van der Waals surface area contributed by atoms with Crippen LogP contribution in [0.1, 0.15) is 29.2 Å². The lowest BCUT2D eigenvalue weighted by atomic mass is 9.94. The summed E-state index contributed by atoms with van der Waals surface area (Å²) in [5.41, 5.74) is 3.39. The van der Waals surface area contributed by atoms with Crippen LogP contribution in [0.15, 0.2) is 42.5 Å². The van der Waals surface area contributed by atoms with Crippen LogP contribution in [0.4, 0.5) is 4.79 Å². The highest BCUT2D eigenvalue weighted by Crippen LogP contribution is 2.31. The largest absolute Gasteiger partial charge is 0.497 e. The zero-order chi connectivity index (χ0) is 20.3. The molecule has 0 aliphatic carbocycles. The number of hydrogen-bond donors (Lipinski definition) is 2. The highest BCUT2D eigenvalue weighted by Gasteiger charge is 2.47. The number of methoxy groups -OCH3 is 1. The van der Waals surface area contributed by atoms with Crippen LogP contribution in [-0.4, -0.2) is 37.0 Å². The second kappa shape index (κ2) is 7.92. The molecule has 6 heteroatoms. The number of nitrogens with zero attached hydrogens (tertiary/aromatic N) is 1. The van der Waals surface area contributed by atoms with E-state index in [9.17, 15) is 9.59 Å². The second-order valence-corrected chi connectivity index (χ2v) is 7.25. The Morgan fingerprint density at radius 1 is 1.18 bits per heavy atom. The van der Waals surface area contributed by atoms with Crippen molar-refractivity contribution >= 4 is 11.9 Å². The molecule has 28 heavy (non-hydrogen) atoms. The number of carbonyl (C=O) groups is 2. The van der Waals surface area contributed by atoms with E-state index in [-0.39, 0.29) is 11.9 Å². The van der Waals surface area contributed by atoms with E-state index in [1.54, 1.807) is 12.0 Å². The van der Waals surface area contributed by atoms with E-state index in [1.807, 2.05) is 56.3 Å². The van der Waals surface area contributed by atoms with Gasteiger partial charge in [0.1, 0.15) is 5.75 Å². The van der Waals surface area contributed by atoms with Gasteiger partial charge in [0.15, 0.2) is 5.66 Å². The third-order valence-electron chi connectivity index (χ3n) is 5.35. The molecule has 2 aromatic rings. The Hall–Kier alpha value is -3.02. The first-order chi connectivity index (χ1) is 13.4. The van der Waals surface area contributed by atoms with E-state index >= 15 is 0 Å². The lowest BCUT2D eigenvalue weighted by Gasteiger charge is -2.38. The molecule has 3 rings (SSSR count). The zero-order valence-electron chi connectivity index (χ0n) is 16.8. The van der Waals surface area contributed by atoms with Crippen LogP contribution in [-0.2, 0) is 16.9 Å². The number of hydrogen-bond acceptors (Lipinski definition) is 3. The van der Waals surface area contributed by atoms with Crippen molar-refractivity contribution in [2.75, 3.05) is 20.2 Å². The van der Waals surface area contributed by atoms with Crippen LogP contribution in [0.2, 0.25) is 0 Å². The van der Waals surface area contributed by atoms with Gasteiger partial charge in [-0.05, 0) is 49.1 Å². The van der Waals surface area contributed by atoms with E-state index in [2.05, 4.69) is 10.6 Å². The number of aryl methyl sites for hydroxylation is 2. The maximum atomic E-state index is 12.7. The molecule has 1 aliphatic rings. The van der Waals surface area contributed by atoms with Crippen LogP contribution in [0, 0.1) is 13.8 Å². The number of carbonyl (C=O) groups excluding carboxylic acids is 2. The summed E-state index contributed by atoms with van der Waals surface area (Å²) >= 11 is 0. The molecule has 148 valence electrons. The first kappa shape index (κ1) is 19.7. The van der Waals surface area contributed by atoms with Crippen LogP contribution in [0.5, 0.6) is 5.75 Å². The number of nitrogens with one attached hydrogen (secondary N) is 2. The third-order valence-corrected chi connectivity index (χ3v) is 5.35. The summed E-state index contributed by atoms with van der Waals surface area (Å²) in [4.78, 5) is 26.4. The monoisotopic (exact) mass is 381 g/mol. The van der Waals surface area contributed by atoms with Crippen LogP contribution in [0.25, 0.3) is 0 Å². The summed E-state index contributed by atoms with van der Waals surface area (Å²) in [6.07, 6.45) is 0.670. The Kier molecular flexibility index (Phi) is 5.58. The Bertz CT molecular complexity index is 879. The molecule has 0 saturated carbocycles. The van der Waals surface area contributed by atoms with Gasteiger partial charge in [-0.2, -0.15) is 0 Å². The molecule has 0 radical (unpaired) electrons. The van der Waals surface area contributed by atoms with Gasteiger partial charge in [-0.15, -0.1) is 0 Å². The summed E-state index contributed by atoms with van der Waals surface area (Å²) in [7, 11) is 1.63. The fourth-order valence-corrected chi connectivity index (χ4v) is 3.62. The minimum atomic E-state index is -0.895. The van der Waals surface area contributed by atoms with E-state index in [1.165, 1.54) is 12.5 Å². The molecule has 6 nitrogen and oxygen atoms in total. The Balaban J connectivity index is 1.91. The molecule has 0 spiro atoms. The van der Waals surface area contributed by atoms with Crippen molar-refractivity contribution in [2.24, 2.45) is 0 Å². The molecule has 3 amide bonds. The van der Waals surface area contributed by atoms with E-state index < -0.39 is 5.66 Å². The first-order valence-electron chi connectivity index (χ1n) is 9.40. The van der Waals surface area contributed by atoms with Gasteiger partial charge in [-0.3, -0.25) is 9.69 Å². The average molecular weight is 381 g/mol. The molecule has 1 unspecified atom stereocenters. The summed E-state index contributed by atoms with van der Waals surface area (Å²) in [5.74, 6) is 0.620.